The fraction of sp³-hybridized carbons (Fsp3) is 0.524. The van der Waals surface area contributed by atoms with Gasteiger partial charge in [-0.05, 0) is 49.3 Å². The van der Waals surface area contributed by atoms with Gasteiger partial charge in [0.05, 0.1) is 7.11 Å². The zero-order valence-corrected chi connectivity index (χ0v) is 16.5. The molecule has 2 aliphatic rings. The molecule has 1 aromatic carbocycles. The standard InChI is InChI=1S/C21H24F3N3O2/c1-26-20(24)17(18(25-26)19(22)23)21(28)27(13-9-10-13)11-12-5-3-7-15-14(12)6-4-8-16(15)29-2/h4,6,8,12-13,19H,3,5,7,9-11H2,1-2H3. The van der Waals surface area contributed by atoms with E-state index in [0.29, 0.717) is 11.2 Å². The van der Waals surface area contributed by atoms with E-state index in [9.17, 15) is 18.0 Å². The number of nitrogens with zero attached hydrogens (tertiary/aromatic N) is 3. The maximum Gasteiger partial charge on any atom is 0.283 e. The lowest BCUT2D eigenvalue weighted by atomic mass is 9.82. The van der Waals surface area contributed by atoms with Crippen LogP contribution in [0.3, 0.4) is 0 Å². The van der Waals surface area contributed by atoms with Crippen LogP contribution in [0.15, 0.2) is 18.2 Å². The number of aryl methyl sites for hydroxylation is 1. The van der Waals surface area contributed by atoms with E-state index in [1.54, 1.807) is 12.0 Å². The number of alkyl halides is 2. The molecule has 0 aliphatic heterocycles. The molecule has 1 atom stereocenters. The highest BCUT2D eigenvalue weighted by Crippen LogP contribution is 2.39. The molecule has 0 bridgehead atoms. The average molecular weight is 407 g/mol. The molecule has 1 unspecified atom stereocenters. The normalized spacial score (nSPS) is 18.6. The fourth-order valence-electron chi connectivity index (χ4n) is 4.33. The third-order valence-electron chi connectivity index (χ3n) is 5.90. The number of halogens is 3. The van der Waals surface area contributed by atoms with E-state index in [1.165, 1.54) is 7.05 Å². The molecule has 4 rings (SSSR count). The van der Waals surface area contributed by atoms with Crippen LogP contribution in [-0.4, -0.2) is 40.3 Å². The Bertz CT molecular complexity index is 924. The zero-order valence-electron chi connectivity index (χ0n) is 16.5. The Balaban J connectivity index is 1.66. The van der Waals surface area contributed by atoms with Gasteiger partial charge in [0.15, 0.2) is 0 Å². The van der Waals surface area contributed by atoms with Crippen LogP contribution in [0, 0.1) is 5.95 Å². The summed E-state index contributed by atoms with van der Waals surface area (Å²) in [5.41, 5.74) is 0.868. The van der Waals surface area contributed by atoms with Crippen molar-refractivity contribution in [2.45, 2.75) is 50.5 Å². The van der Waals surface area contributed by atoms with Gasteiger partial charge in [0.2, 0.25) is 5.95 Å². The summed E-state index contributed by atoms with van der Waals surface area (Å²) in [6.45, 7) is 0.376. The quantitative estimate of drug-likeness (QED) is 0.720. The van der Waals surface area contributed by atoms with E-state index in [2.05, 4.69) is 5.10 Å². The van der Waals surface area contributed by atoms with Crippen LogP contribution in [-0.2, 0) is 13.5 Å². The third-order valence-corrected chi connectivity index (χ3v) is 5.90. The van der Waals surface area contributed by atoms with Gasteiger partial charge in [-0.25, -0.2) is 13.5 Å². The Kier molecular flexibility index (Phi) is 5.27. The van der Waals surface area contributed by atoms with E-state index < -0.39 is 29.5 Å². The van der Waals surface area contributed by atoms with Crippen molar-refractivity contribution in [3.05, 3.63) is 46.5 Å². The third kappa shape index (κ3) is 3.60. The van der Waals surface area contributed by atoms with Crippen molar-refractivity contribution in [2.24, 2.45) is 7.05 Å². The molecule has 2 aliphatic carbocycles. The smallest absolute Gasteiger partial charge is 0.283 e. The first-order valence-corrected chi connectivity index (χ1v) is 9.89. The molecular formula is C21H24F3N3O2. The lowest BCUT2D eigenvalue weighted by Crippen LogP contribution is -2.38. The number of rotatable bonds is 6. The summed E-state index contributed by atoms with van der Waals surface area (Å²) in [6.07, 6.45) is 1.33. The Morgan fingerprint density at radius 3 is 2.76 bits per heavy atom. The number of fused-ring (bicyclic) bond motifs is 1. The van der Waals surface area contributed by atoms with Crippen LogP contribution < -0.4 is 4.74 Å². The van der Waals surface area contributed by atoms with Crippen LogP contribution >= 0.6 is 0 Å². The molecule has 0 radical (unpaired) electrons. The molecule has 0 saturated heterocycles. The minimum absolute atomic E-state index is 0.0383. The van der Waals surface area contributed by atoms with Crippen LogP contribution in [0.5, 0.6) is 5.75 Å². The number of hydrogen-bond acceptors (Lipinski definition) is 3. The first-order chi connectivity index (χ1) is 13.9. The molecule has 1 aromatic heterocycles. The van der Waals surface area contributed by atoms with Crippen LogP contribution in [0.1, 0.15) is 65.2 Å². The summed E-state index contributed by atoms with van der Waals surface area (Å²) in [5.74, 6) is -0.812. The Labute approximate surface area is 167 Å². The summed E-state index contributed by atoms with van der Waals surface area (Å²) in [4.78, 5) is 14.7. The van der Waals surface area contributed by atoms with Gasteiger partial charge in [0, 0.05) is 25.6 Å². The molecule has 1 fully saturated rings. The highest BCUT2D eigenvalue weighted by Gasteiger charge is 2.39. The Morgan fingerprint density at radius 1 is 1.34 bits per heavy atom. The van der Waals surface area contributed by atoms with Crippen molar-refractivity contribution in [1.29, 1.82) is 0 Å². The highest BCUT2D eigenvalue weighted by molar-refractivity contribution is 5.96. The van der Waals surface area contributed by atoms with Crippen LogP contribution in [0.4, 0.5) is 13.2 Å². The Morgan fingerprint density at radius 2 is 2.10 bits per heavy atom. The van der Waals surface area contributed by atoms with Crippen molar-refractivity contribution in [3.63, 3.8) is 0 Å². The second kappa shape index (κ2) is 7.72. The van der Waals surface area contributed by atoms with E-state index in [4.69, 9.17) is 4.74 Å². The Hall–Kier alpha value is -2.51. The molecule has 1 amide bonds. The second-order valence-electron chi connectivity index (χ2n) is 7.78. The molecule has 1 heterocycles. The van der Waals surface area contributed by atoms with E-state index in [-0.39, 0.29) is 12.0 Å². The minimum atomic E-state index is -3.01. The maximum absolute atomic E-state index is 14.5. The summed E-state index contributed by atoms with van der Waals surface area (Å²) < 4.78 is 47.4. The number of methoxy groups -OCH3 is 1. The number of carbonyl (C=O) groups excluding carboxylic acids is 1. The topological polar surface area (TPSA) is 47.4 Å². The summed E-state index contributed by atoms with van der Waals surface area (Å²) in [5, 5.41) is 3.53. The molecule has 5 nitrogen and oxygen atoms in total. The molecular weight excluding hydrogens is 383 g/mol. The van der Waals surface area contributed by atoms with E-state index in [1.807, 2.05) is 18.2 Å². The van der Waals surface area contributed by atoms with Crippen molar-refractivity contribution in [3.8, 4) is 5.75 Å². The number of amides is 1. The van der Waals surface area contributed by atoms with Gasteiger partial charge >= 0.3 is 0 Å². The van der Waals surface area contributed by atoms with Gasteiger partial charge in [0.1, 0.15) is 17.0 Å². The number of ether oxygens (including phenoxy) is 1. The van der Waals surface area contributed by atoms with Crippen molar-refractivity contribution in [1.82, 2.24) is 14.7 Å². The first-order valence-electron chi connectivity index (χ1n) is 9.89. The second-order valence-corrected chi connectivity index (χ2v) is 7.78. The summed E-state index contributed by atoms with van der Waals surface area (Å²) in [6, 6.07) is 5.84. The lowest BCUT2D eigenvalue weighted by molar-refractivity contribution is 0.0710. The number of carbonyl (C=O) groups is 1. The monoisotopic (exact) mass is 407 g/mol. The summed E-state index contributed by atoms with van der Waals surface area (Å²) in [7, 11) is 2.86. The molecule has 1 saturated carbocycles. The number of benzene rings is 1. The van der Waals surface area contributed by atoms with Crippen molar-refractivity contribution < 1.29 is 22.7 Å². The van der Waals surface area contributed by atoms with Crippen LogP contribution in [0.25, 0.3) is 0 Å². The van der Waals surface area contributed by atoms with Gasteiger partial charge in [-0.2, -0.15) is 9.49 Å². The largest absolute Gasteiger partial charge is 0.496 e. The average Bonchev–Trinajstić information content (AvgIpc) is 3.50. The lowest BCUT2D eigenvalue weighted by Gasteiger charge is -2.32. The molecule has 0 N–H and O–H groups in total. The molecule has 0 spiro atoms. The molecule has 29 heavy (non-hydrogen) atoms. The van der Waals surface area contributed by atoms with Gasteiger partial charge in [-0.15, -0.1) is 0 Å². The van der Waals surface area contributed by atoms with Gasteiger partial charge < -0.3 is 9.64 Å². The predicted octanol–water partition coefficient (Wildman–Crippen LogP) is 4.23. The van der Waals surface area contributed by atoms with E-state index in [0.717, 1.165) is 49.0 Å². The highest BCUT2D eigenvalue weighted by atomic mass is 19.3. The van der Waals surface area contributed by atoms with E-state index >= 15 is 0 Å². The predicted molar refractivity (Wildman–Crippen MR) is 101 cm³/mol. The SMILES string of the molecule is COc1cccc2c1CCCC2CN(C(=O)c1c(C(F)F)nn(C)c1F)C1CC1. The van der Waals surface area contributed by atoms with Gasteiger partial charge in [-0.3, -0.25) is 4.79 Å². The van der Waals surface area contributed by atoms with Crippen LogP contribution in [0.2, 0.25) is 0 Å². The maximum atomic E-state index is 14.5. The zero-order chi connectivity index (χ0) is 20.7. The van der Waals surface area contributed by atoms with Crippen molar-refractivity contribution >= 4 is 5.91 Å². The van der Waals surface area contributed by atoms with Gasteiger partial charge in [-0.1, -0.05) is 12.1 Å². The first kappa shape index (κ1) is 19.8. The molecule has 8 heteroatoms. The number of aromatic nitrogens is 2. The van der Waals surface area contributed by atoms with Crippen molar-refractivity contribution in [2.75, 3.05) is 13.7 Å². The number of hydrogen-bond donors (Lipinski definition) is 0. The summed E-state index contributed by atoms with van der Waals surface area (Å²) >= 11 is 0. The fourth-order valence-corrected chi connectivity index (χ4v) is 4.33. The van der Waals surface area contributed by atoms with Gasteiger partial charge in [0.25, 0.3) is 12.3 Å². The molecule has 2 aromatic rings. The minimum Gasteiger partial charge on any atom is -0.496 e. The molecule has 156 valence electrons.